The molecule has 0 aromatic carbocycles. The minimum absolute atomic E-state index is 0.109. The molecule has 1 atom stereocenters. The van der Waals surface area contributed by atoms with Gasteiger partial charge in [-0.15, -0.1) is 0 Å². The molecular formula is C21H24BrN7O2. The highest BCUT2D eigenvalue weighted by molar-refractivity contribution is 9.10. The summed E-state index contributed by atoms with van der Waals surface area (Å²) >= 11 is 3.63. The Morgan fingerprint density at radius 1 is 1.32 bits per heavy atom. The summed E-state index contributed by atoms with van der Waals surface area (Å²) < 4.78 is 2.24. The van der Waals surface area contributed by atoms with E-state index in [0.29, 0.717) is 23.8 Å². The Hall–Kier alpha value is -2.72. The molecule has 10 heteroatoms. The standard InChI is InChI=1S/C21H24BrN7O2/c22-14-8-24-20-18(19(14)28-7-1-2-13(23)11-28)16(9-25-20)26-21(31)15-5-6-17(30)29(27-15)10-12-3-4-12/h5-6,8-9,12-13H,1-4,7,10-11,23H2,(H,24,25)(H,26,31)/t13-/m0/s1. The van der Waals surface area contributed by atoms with E-state index in [0.717, 1.165) is 54.3 Å². The van der Waals surface area contributed by atoms with Crippen molar-refractivity contribution in [3.8, 4) is 0 Å². The number of rotatable bonds is 5. The van der Waals surface area contributed by atoms with Crippen molar-refractivity contribution < 1.29 is 4.79 Å². The molecule has 3 aromatic rings. The Bertz CT molecular complexity index is 1200. The van der Waals surface area contributed by atoms with Crippen LogP contribution in [0.4, 0.5) is 11.4 Å². The lowest BCUT2D eigenvalue weighted by Crippen LogP contribution is -2.43. The van der Waals surface area contributed by atoms with Crippen LogP contribution in [0, 0.1) is 5.92 Å². The van der Waals surface area contributed by atoms with Crippen LogP contribution in [0.25, 0.3) is 11.0 Å². The molecule has 162 valence electrons. The second kappa shape index (κ2) is 8.08. The van der Waals surface area contributed by atoms with Crippen molar-refractivity contribution in [1.29, 1.82) is 0 Å². The van der Waals surface area contributed by atoms with Gasteiger partial charge in [-0.05, 0) is 53.6 Å². The number of piperidine rings is 1. The molecule has 1 aliphatic carbocycles. The quantitative estimate of drug-likeness (QED) is 0.510. The van der Waals surface area contributed by atoms with Gasteiger partial charge in [-0.3, -0.25) is 9.59 Å². The molecule has 4 heterocycles. The fraction of sp³-hybridized carbons (Fsp3) is 0.429. The predicted molar refractivity (Wildman–Crippen MR) is 122 cm³/mol. The summed E-state index contributed by atoms with van der Waals surface area (Å²) in [5.74, 6) is 0.116. The van der Waals surface area contributed by atoms with E-state index in [2.05, 4.69) is 41.2 Å². The summed E-state index contributed by atoms with van der Waals surface area (Å²) in [4.78, 5) is 34.9. The van der Waals surface area contributed by atoms with Gasteiger partial charge in [-0.2, -0.15) is 5.10 Å². The van der Waals surface area contributed by atoms with Crippen molar-refractivity contribution in [1.82, 2.24) is 19.7 Å². The van der Waals surface area contributed by atoms with Gasteiger partial charge in [0.1, 0.15) is 11.3 Å². The van der Waals surface area contributed by atoms with E-state index in [1.54, 1.807) is 12.4 Å². The number of nitrogens with one attached hydrogen (secondary N) is 2. The van der Waals surface area contributed by atoms with Crippen molar-refractivity contribution in [2.24, 2.45) is 11.7 Å². The third kappa shape index (κ3) is 4.09. The first-order valence-corrected chi connectivity index (χ1v) is 11.3. The van der Waals surface area contributed by atoms with Gasteiger partial charge in [-0.25, -0.2) is 9.67 Å². The van der Waals surface area contributed by atoms with Crippen LogP contribution in [0.5, 0.6) is 0 Å². The van der Waals surface area contributed by atoms with Crippen LogP contribution in [0.1, 0.15) is 36.2 Å². The SMILES string of the molecule is N[C@H]1CCCN(c2c(Br)cnc3[nH]cc(NC(=O)c4ccc(=O)n(CC5CC5)n4)c23)C1. The number of anilines is 2. The van der Waals surface area contributed by atoms with E-state index < -0.39 is 0 Å². The average Bonchev–Trinajstić information content (AvgIpc) is 3.48. The van der Waals surface area contributed by atoms with E-state index in [-0.39, 0.29) is 23.2 Å². The Labute approximate surface area is 187 Å². The number of H-pyrrole nitrogens is 1. The summed E-state index contributed by atoms with van der Waals surface area (Å²) in [6.45, 7) is 2.19. The number of fused-ring (bicyclic) bond motifs is 1. The van der Waals surface area contributed by atoms with Crippen LogP contribution >= 0.6 is 15.9 Å². The zero-order chi connectivity index (χ0) is 21.5. The molecule has 5 rings (SSSR count). The normalized spacial score (nSPS) is 19.0. The molecule has 0 spiro atoms. The Morgan fingerprint density at radius 2 is 2.16 bits per heavy atom. The first-order valence-electron chi connectivity index (χ1n) is 10.5. The third-order valence-electron chi connectivity index (χ3n) is 5.88. The van der Waals surface area contributed by atoms with Gasteiger partial charge in [0.15, 0.2) is 0 Å². The summed E-state index contributed by atoms with van der Waals surface area (Å²) in [6.07, 6.45) is 7.71. The van der Waals surface area contributed by atoms with Gasteiger partial charge in [0, 0.05) is 44.1 Å². The molecule has 1 amide bonds. The Balaban J connectivity index is 1.47. The second-order valence-electron chi connectivity index (χ2n) is 8.37. The molecule has 1 saturated carbocycles. The maximum atomic E-state index is 13.0. The first-order chi connectivity index (χ1) is 15.0. The topological polar surface area (TPSA) is 122 Å². The highest BCUT2D eigenvalue weighted by atomic mass is 79.9. The van der Waals surface area contributed by atoms with E-state index >= 15 is 0 Å². The number of nitrogens with zero attached hydrogens (tertiary/aromatic N) is 4. The maximum Gasteiger partial charge on any atom is 0.276 e. The van der Waals surface area contributed by atoms with Crippen LogP contribution in [0.2, 0.25) is 0 Å². The number of aromatic amines is 1. The number of pyridine rings is 1. The highest BCUT2D eigenvalue weighted by Crippen LogP contribution is 2.39. The van der Waals surface area contributed by atoms with Crippen LogP contribution in [0.15, 0.2) is 33.8 Å². The molecule has 1 saturated heterocycles. The van der Waals surface area contributed by atoms with Gasteiger partial charge in [0.2, 0.25) is 0 Å². The van der Waals surface area contributed by atoms with Crippen LogP contribution in [0.3, 0.4) is 0 Å². The molecular weight excluding hydrogens is 462 g/mol. The zero-order valence-corrected chi connectivity index (χ0v) is 18.6. The van der Waals surface area contributed by atoms with Gasteiger partial charge < -0.3 is 20.9 Å². The fourth-order valence-electron chi connectivity index (χ4n) is 4.11. The summed E-state index contributed by atoms with van der Waals surface area (Å²) in [5.41, 5.74) is 8.48. The van der Waals surface area contributed by atoms with Crippen LogP contribution < -0.4 is 21.5 Å². The van der Waals surface area contributed by atoms with Gasteiger partial charge in [0.25, 0.3) is 11.5 Å². The number of aromatic nitrogens is 4. The molecule has 31 heavy (non-hydrogen) atoms. The summed E-state index contributed by atoms with van der Waals surface area (Å²) in [5, 5.41) is 8.05. The number of hydrogen-bond donors (Lipinski definition) is 3. The largest absolute Gasteiger partial charge is 0.368 e. The molecule has 0 unspecified atom stereocenters. The van der Waals surface area contributed by atoms with Crippen molar-refractivity contribution >= 4 is 44.2 Å². The summed E-state index contributed by atoms with van der Waals surface area (Å²) in [7, 11) is 0. The molecule has 3 aromatic heterocycles. The van der Waals surface area contributed by atoms with Gasteiger partial charge in [-0.1, -0.05) is 0 Å². The van der Waals surface area contributed by atoms with Crippen molar-refractivity contribution in [2.75, 3.05) is 23.3 Å². The second-order valence-corrected chi connectivity index (χ2v) is 9.22. The number of nitrogens with two attached hydrogens (primary N) is 1. The smallest absolute Gasteiger partial charge is 0.276 e. The van der Waals surface area contributed by atoms with Crippen molar-refractivity contribution in [2.45, 2.75) is 38.3 Å². The minimum Gasteiger partial charge on any atom is -0.368 e. The van der Waals surface area contributed by atoms with Gasteiger partial charge in [0.05, 0.1) is 21.2 Å². The molecule has 0 bridgehead atoms. The zero-order valence-electron chi connectivity index (χ0n) is 17.0. The minimum atomic E-state index is -0.369. The number of carbonyl (C=O) groups is 1. The van der Waals surface area contributed by atoms with Crippen LogP contribution in [-0.4, -0.2) is 44.8 Å². The number of carbonyl (C=O) groups excluding carboxylic acids is 1. The van der Waals surface area contributed by atoms with E-state index in [1.807, 2.05) is 0 Å². The lowest BCUT2D eigenvalue weighted by Gasteiger charge is -2.33. The predicted octanol–water partition coefficient (Wildman–Crippen LogP) is 2.47. The fourth-order valence-corrected chi connectivity index (χ4v) is 4.66. The van der Waals surface area contributed by atoms with Gasteiger partial charge >= 0.3 is 0 Å². The Kier molecular flexibility index (Phi) is 5.27. The highest BCUT2D eigenvalue weighted by Gasteiger charge is 2.25. The number of halogens is 1. The van der Waals surface area contributed by atoms with E-state index in [4.69, 9.17) is 5.73 Å². The Morgan fingerprint density at radius 3 is 2.94 bits per heavy atom. The lowest BCUT2D eigenvalue weighted by atomic mass is 10.1. The van der Waals surface area contributed by atoms with Crippen LogP contribution in [-0.2, 0) is 6.54 Å². The first kappa shape index (κ1) is 20.2. The maximum absolute atomic E-state index is 13.0. The van der Waals surface area contributed by atoms with E-state index in [9.17, 15) is 9.59 Å². The molecule has 2 fully saturated rings. The van der Waals surface area contributed by atoms with Crippen molar-refractivity contribution in [3.05, 3.63) is 45.0 Å². The molecule has 1 aliphatic heterocycles. The molecule has 4 N–H and O–H groups in total. The lowest BCUT2D eigenvalue weighted by molar-refractivity contribution is 0.102. The molecule has 0 radical (unpaired) electrons. The third-order valence-corrected chi connectivity index (χ3v) is 6.46. The summed E-state index contributed by atoms with van der Waals surface area (Å²) in [6, 6.07) is 2.98. The number of amides is 1. The molecule has 2 aliphatic rings. The average molecular weight is 486 g/mol. The monoisotopic (exact) mass is 485 g/mol. The van der Waals surface area contributed by atoms with Crippen molar-refractivity contribution in [3.63, 3.8) is 0 Å². The van der Waals surface area contributed by atoms with E-state index in [1.165, 1.54) is 16.8 Å². The molecule has 9 nitrogen and oxygen atoms in total. The number of hydrogen-bond acceptors (Lipinski definition) is 6.